The SMILES string of the molecule is CC(C)N1CCn2nc(C(=O)N(C)Cc3noc(-c4ccccc4)n3)cc2C1. The Morgan fingerprint density at radius 2 is 2.04 bits per heavy atom. The van der Waals surface area contributed by atoms with Gasteiger partial charge in [0.1, 0.15) is 0 Å². The summed E-state index contributed by atoms with van der Waals surface area (Å²) in [6, 6.07) is 11.9. The van der Waals surface area contributed by atoms with Gasteiger partial charge in [0.2, 0.25) is 0 Å². The summed E-state index contributed by atoms with van der Waals surface area (Å²) in [5.74, 6) is 0.761. The maximum Gasteiger partial charge on any atom is 0.274 e. The first-order valence-corrected chi connectivity index (χ1v) is 9.45. The van der Waals surface area contributed by atoms with Crippen molar-refractivity contribution in [3.05, 3.63) is 53.6 Å². The molecule has 8 heteroatoms. The molecular weight excluding hydrogens is 356 g/mol. The molecule has 1 aromatic carbocycles. The van der Waals surface area contributed by atoms with E-state index in [1.54, 1.807) is 11.9 Å². The standard InChI is InChI=1S/C20H24N6O2/c1-14(2)25-9-10-26-16(12-25)11-17(22-26)20(27)24(3)13-18-21-19(28-23-18)15-7-5-4-6-8-15/h4-8,11,14H,9-10,12-13H2,1-3H3. The molecular formula is C20H24N6O2. The Bertz CT molecular complexity index is 962. The van der Waals surface area contributed by atoms with Gasteiger partial charge in [-0.1, -0.05) is 23.4 Å². The van der Waals surface area contributed by atoms with Crippen molar-refractivity contribution in [1.29, 1.82) is 0 Å². The van der Waals surface area contributed by atoms with E-state index in [0.717, 1.165) is 30.9 Å². The number of benzene rings is 1. The molecule has 0 saturated carbocycles. The second kappa shape index (κ2) is 7.55. The monoisotopic (exact) mass is 380 g/mol. The molecule has 8 nitrogen and oxygen atoms in total. The lowest BCUT2D eigenvalue weighted by Gasteiger charge is -2.30. The third kappa shape index (κ3) is 3.68. The molecule has 0 bridgehead atoms. The second-order valence-corrected chi connectivity index (χ2v) is 7.35. The predicted octanol–water partition coefficient (Wildman–Crippen LogP) is 2.43. The van der Waals surface area contributed by atoms with Crippen LogP contribution in [-0.2, 0) is 19.6 Å². The summed E-state index contributed by atoms with van der Waals surface area (Å²) in [5, 5.41) is 8.49. The molecule has 0 radical (unpaired) electrons. The highest BCUT2D eigenvalue weighted by Crippen LogP contribution is 2.18. The van der Waals surface area contributed by atoms with Gasteiger partial charge in [-0.05, 0) is 32.0 Å². The van der Waals surface area contributed by atoms with Gasteiger partial charge in [-0.25, -0.2) is 0 Å². The van der Waals surface area contributed by atoms with Gasteiger partial charge in [-0.3, -0.25) is 14.4 Å². The van der Waals surface area contributed by atoms with Gasteiger partial charge < -0.3 is 9.42 Å². The number of rotatable bonds is 5. The predicted molar refractivity (Wildman–Crippen MR) is 103 cm³/mol. The average molecular weight is 380 g/mol. The average Bonchev–Trinajstić information content (AvgIpc) is 3.34. The van der Waals surface area contributed by atoms with Crippen LogP contribution in [0, 0.1) is 0 Å². The van der Waals surface area contributed by atoms with Crippen molar-refractivity contribution in [2.45, 2.75) is 39.5 Å². The van der Waals surface area contributed by atoms with Crippen LogP contribution in [0.3, 0.4) is 0 Å². The first-order chi connectivity index (χ1) is 13.5. The largest absolute Gasteiger partial charge is 0.334 e. The summed E-state index contributed by atoms with van der Waals surface area (Å²) >= 11 is 0. The number of carbonyl (C=O) groups is 1. The lowest BCUT2D eigenvalue weighted by atomic mass is 10.2. The molecule has 0 N–H and O–H groups in total. The van der Waals surface area contributed by atoms with E-state index in [1.165, 1.54) is 0 Å². The minimum absolute atomic E-state index is 0.149. The minimum Gasteiger partial charge on any atom is -0.334 e. The molecule has 0 spiro atoms. The van der Waals surface area contributed by atoms with Gasteiger partial charge in [-0.15, -0.1) is 0 Å². The fraction of sp³-hybridized carbons (Fsp3) is 0.400. The Kier molecular flexibility index (Phi) is 4.95. The minimum atomic E-state index is -0.149. The zero-order valence-electron chi connectivity index (χ0n) is 16.4. The normalized spacial score (nSPS) is 14.3. The van der Waals surface area contributed by atoms with Crippen molar-refractivity contribution >= 4 is 5.91 Å². The highest BCUT2D eigenvalue weighted by Gasteiger charge is 2.24. The number of aromatic nitrogens is 4. The number of amides is 1. The molecule has 3 aromatic rings. The van der Waals surface area contributed by atoms with Gasteiger partial charge in [0, 0.05) is 31.7 Å². The van der Waals surface area contributed by atoms with Gasteiger partial charge in [0.05, 0.1) is 18.8 Å². The molecule has 2 aromatic heterocycles. The second-order valence-electron chi connectivity index (χ2n) is 7.35. The van der Waals surface area contributed by atoms with Crippen molar-refractivity contribution in [3.8, 4) is 11.5 Å². The van der Waals surface area contributed by atoms with Gasteiger partial charge in [0.25, 0.3) is 11.8 Å². The molecule has 146 valence electrons. The molecule has 0 atom stereocenters. The van der Waals surface area contributed by atoms with Crippen LogP contribution in [0.5, 0.6) is 0 Å². The highest BCUT2D eigenvalue weighted by molar-refractivity contribution is 5.92. The summed E-state index contributed by atoms with van der Waals surface area (Å²) < 4.78 is 7.25. The zero-order valence-corrected chi connectivity index (χ0v) is 16.4. The number of hydrogen-bond acceptors (Lipinski definition) is 6. The maximum absolute atomic E-state index is 12.8. The Morgan fingerprint density at radius 1 is 1.25 bits per heavy atom. The summed E-state index contributed by atoms with van der Waals surface area (Å²) in [5.41, 5.74) is 2.38. The molecule has 0 unspecified atom stereocenters. The number of hydrogen-bond donors (Lipinski definition) is 0. The third-order valence-electron chi connectivity index (χ3n) is 4.99. The lowest BCUT2D eigenvalue weighted by Crippen LogP contribution is -2.38. The Balaban J connectivity index is 1.44. The van der Waals surface area contributed by atoms with Gasteiger partial charge >= 0.3 is 0 Å². The Hall–Kier alpha value is -3.00. The van der Waals surface area contributed by atoms with Crippen LogP contribution < -0.4 is 0 Å². The van der Waals surface area contributed by atoms with Crippen molar-refractivity contribution in [1.82, 2.24) is 29.7 Å². The van der Waals surface area contributed by atoms with E-state index in [4.69, 9.17) is 4.52 Å². The van der Waals surface area contributed by atoms with Crippen LogP contribution >= 0.6 is 0 Å². The molecule has 3 heterocycles. The number of nitrogens with zero attached hydrogens (tertiary/aromatic N) is 6. The third-order valence-corrected chi connectivity index (χ3v) is 4.99. The smallest absolute Gasteiger partial charge is 0.274 e. The topological polar surface area (TPSA) is 80.3 Å². The Labute approximate surface area is 163 Å². The highest BCUT2D eigenvalue weighted by atomic mass is 16.5. The van der Waals surface area contributed by atoms with Crippen molar-refractivity contribution in [2.75, 3.05) is 13.6 Å². The van der Waals surface area contributed by atoms with E-state index in [0.29, 0.717) is 23.5 Å². The maximum atomic E-state index is 12.8. The van der Waals surface area contributed by atoms with E-state index < -0.39 is 0 Å². The van der Waals surface area contributed by atoms with Crippen LogP contribution in [0.2, 0.25) is 0 Å². The fourth-order valence-corrected chi connectivity index (χ4v) is 3.33. The van der Waals surface area contributed by atoms with Crippen LogP contribution in [-0.4, -0.2) is 55.3 Å². The Morgan fingerprint density at radius 3 is 2.79 bits per heavy atom. The van der Waals surface area contributed by atoms with Crippen molar-refractivity contribution in [2.24, 2.45) is 0 Å². The quantitative estimate of drug-likeness (QED) is 0.676. The lowest BCUT2D eigenvalue weighted by molar-refractivity contribution is 0.0773. The van der Waals surface area contributed by atoms with Crippen molar-refractivity contribution < 1.29 is 9.32 Å². The van der Waals surface area contributed by atoms with Crippen LogP contribution in [0.15, 0.2) is 40.9 Å². The molecule has 0 saturated heterocycles. The van der Waals surface area contributed by atoms with Crippen LogP contribution in [0.4, 0.5) is 0 Å². The van der Waals surface area contributed by atoms with Gasteiger partial charge in [0.15, 0.2) is 11.5 Å². The number of fused-ring (bicyclic) bond motifs is 1. The van der Waals surface area contributed by atoms with E-state index in [2.05, 4.69) is 34.0 Å². The molecule has 0 fully saturated rings. The molecule has 1 aliphatic rings. The first-order valence-electron chi connectivity index (χ1n) is 9.45. The molecule has 1 amide bonds. The van der Waals surface area contributed by atoms with E-state index in [9.17, 15) is 4.79 Å². The first kappa shape index (κ1) is 18.4. The van der Waals surface area contributed by atoms with E-state index in [1.807, 2.05) is 41.1 Å². The van der Waals surface area contributed by atoms with E-state index >= 15 is 0 Å². The van der Waals surface area contributed by atoms with E-state index in [-0.39, 0.29) is 12.5 Å². The molecule has 1 aliphatic heterocycles. The fourth-order valence-electron chi connectivity index (χ4n) is 3.33. The molecule has 4 rings (SSSR count). The molecule has 28 heavy (non-hydrogen) atoms. The molecule has 0 aliphatic carbocycles. The van der Waals surface area contributed by atoms with Crippen LogP contribution in [0.25, 0.3) is 11.5 Å². The van der Waals surface area contributed by atoms with Gasteiger partial charge in [-0.2, -0.15) is 10.1 Å². The zero-order chi connectivity index (χ0) is 19.7. The van der Waals surface area contributed by atoms with Crippen molar-refractivity contribution in [3.63, 3.8) is 0 Å². The summed E-state index contributed by atoms with van der Waals surface area (Å²) in [7, 11) is 1.72. The number of carbonyl (C=O) groups excluding carboxylic acids is 1. The summed E-state index contributed by atoms with van der Waals surface area (Å²) in [4.78, 5) is 21.1. The summed E-state index contributed by atoms with van der Waals surface area (Å²) in [6.07, 6.45) is 0. The summed E-state index contributed by atoms with van der Waals surface area (Å²) in [6.45, 7) is 7.18. The van der Waals surface area contributed by atoms with Crippen LogP contribution in [0.1, 0.15) is 35.9 Å².